The van der Waals surface area contributed by atoms with Crippen LogP contribution in [0.1, 0.15) is 83.1 Å². The minimum Gasteiger partial charge on any atom is -0.504 e. The highest BCUT2D eigenvalue weighted by Gasteiger charge is 2.21. The number of aromatic hydroxyl groups is 1. The maximum absolute atomic E-state index is 11.9. The molecule has 2 rings (SSSR count). The molecule has 0 aliphatic carbocycles. The van der Waals surface area contributed by atoms with Gasteiger partial charge in [0.05, 0.1) is 0 Å². The summed E-state index contributed by atoms with van der Waals surface area (Å²) in [7, 11) is -4.45. The van der Waals surface area contributed by atoms with Crippen molar-refractivity contribution in [3.63, 3.8) is 0 Å². The number of ether oxygens (including phenoxy) is 1. The second kappa shape index (κ2) is 13.4. The predicted octanol–water partition coefficient (Wildman–Crippen LogP) is 7.28. The zero-order valence-electron chi connectivity index (χ0n) is 18.6. The summed E-state index contributed by atoms with van der Waals surface area (Å²) in [6, 6.07) is 11.1. The molecule has 0 bridgehead atoms. The fourth-order valence-electron chi connectivity index (χ4n) is 3.71. The first-order valence-electron chi connectivity index (χ1n) is 11.5. The Morgan fingerprint density at radius 2 is 1.35 bits per heavy atom. The molecule has 0 unspecified atom stereocenters. The fraction of sp³-hybridized carbons (Fsp3) is 0.520. The second-order valence-corrected chi connectivity index (χ2v) is 9.46. The third-order valence-corrected chi connectivity index (χ3v) is 6.34. The molecule has 0 aliphatic heterocycles. The first-order chi connectivity index (χ1) is 14.9. The van der Waals surface area contributed by atoms with Gasteiger partial charge in [0.15, 0.2) is 17.2 Å². The molecule has 0 amide bonds. The minimum absolute atomic E-state index is 0.0820. The lowest BCUT2D eigenvalue weighted by Gasteiger charge is -2.15. The fourth-order valence-corrected chi connectivity index (χ4v) is 4.37. The quantitative estimate of drug-likeness (QED) is 0.221. The SMILES string of the molecule is CCCCCCCCCCCCCc1cccc(S(=O)(=O)O)c1Oc1ccccc1O. The molecular formula is C25H36O5S. The van der Waals surface area contributed by atoms with E-state index in [9.17, 15) is 18.1 Å². The monoisotopic (exact) mass is 448 g/mol. The Kier molecular flexibility index (Phi) is 10.9. The van der Waals surface area contributed by atoms with Gasteiger partial charge >= 0.3 is 0 Å². The lowest BCUT2D eigenvalue weighted by molar-refractivity contribution is 0.398. The van der Waals surface area contributed by atoms with Crippen LogP contribution in [-0.4, -0.2) is 18.1 Å². The Morgan fingerprint density at radius 3 is 1.94 bits per heavy atom. The topological polar surface area (TPSA) is 83.8 Å². The van der Waals surface area contributed by atoms with Crippen LogP contribution in [0.5, 0.6) is 17.2 Å². The molecule has 0 aliphatic rings. The third-order valence-electron chi connectivity index (χ3n) is 5.47. The summed E-state index contributed by atoms with van der Waals surface area (Å²) < 4.78 is 39.1. The highest BCUT2D eigenvalue weighted by Crippen LogP contribution is 2.37. The summed E-state index contributed by atoms with van der Waals surface area (Å²) in [6.07, 6.45) is 14.2. The van der Waals surface area contributed by atoms with Crippen LogP contribution in [0.15, 0.2) is 47.4 Å². The summed E-state index contributed by atoms with van der Waals surface area (Å²) in [5.41, 5.74) is 0.703. The van der Waals surface area contributed by atoms with Gasteiger partial charge in [-0.2, -0.15) is 8.42 Å². The number of para-hydroxylation sites is 3. The van der Waals surface area contributed by atoms with Gasteiger partial charge in [0.2, 0.25) is 0 Å². The molecule has 0 radical (unpaired) electrons. The van der Waals surface area contributed by atoms with E-state index in [2.05, 4.69) is 6.92 Å². The number of phenolic OH excluding ortho intramolecular Hbond substituents is 1. The average molecular weight is 449 g/mol. The van der Waals surface area contributed by atoms with Crippen LogP contribution in [0.2, 0.25) is 0 Å². The van der Waals surface area contributed by atoms with Gasteiger partial charge in [-0.15, -0.1) is 0 Å². The van der Waals surface area contributed by atoms with Crippen LogP contribution in [0.4, 0.5) is 0 Å². The molecule has 2 aromatic carbocycles. The largest absolute Gasteiger partial charge is 0.504 e. The smallest absolute Gasteiger partial charge is 0.298 e. The van der Waals surface area contributed by atoms with Gasteiger partial charge in [-0.1, -0.05) is 95.4 Å². The van der Waals surface area contributed by atoms with Crippen molar-refractivity contribution in [2.45, 2.75) is 88.9 Å². The molecule has 0 saturated carbocycles. The van der Waals surface area contributed by atoms with Gasteiger partial charge in [0.25, 0.3) is 10.1 Å². The summed E-state index contributed by atoms with van der Waals surface area (Å²) in [4.78, 5) is -0.281. The molecule has 31 heavy (non-hydrogen) atoms. The molecule has 0 fully saturated rings. The van der Waals surface area contributed by atoms with E-state index in [-0.39, 0.29) is 22.1 Å². The van der Waals surface area contributed by atoms with Gasteiger partial charge in [0.1, 0.15) is 4.90 Å². The summed E-state index contributed by atoms with van der Waals surface area (Å²) in [5, 5.41) is 10.00. The van der Waals surface area contributed by atoms with Crippen LogP contribution < -0.4 is 4.74 Å². The molecule has 2 N–H and O–H groups in total. The average Bonchev–Trinajstić information content (AvgIpc) is 2.73. The van der Waals surface area contributed by atoms with Gasteiger partial charge in [-0.25, -0.2) is 0 Å². The summed E-state index contributed by atoms with van der Waals surface area (Å²) in [6.45, 7) is 2.24. The number of hydrogen-bond acceptors (Lipinski definition) is 4. The Labute approximate surface area is 187 Å². The van der Waals surface area contributed by atoms with Crippen molar-refractivity contribution in [2.24, 2.45) is 0 Å². The lowest BCUT2D eigenvalue weighted by Crippen LogP contribution is -2.04. The molecule has 0 spiro atoms. The minimum atomic E-state index is -4.45. The van der Waals surface area contributed by atoms with Crippen molar-refractivity contribution < 1.29 is 22.8 Å². The summed E-state index contributed by atoms with van der Waals surface area (Å²) >= 11 is 0. The maximum atomic E-state index is 11.9. The highest BCUT2D eigenvalue weighted by atomic mass is 32.2. The van der Waals surface area contributed by atoms with E-state index >= 15 is 0 Å². The van der Waals surface area contributed by atoms with Crippen molar-refractivity contribution in [1.29, 1.82) is 0 Å². The van der Waals surface area contributed by atoms with Crippen molar-refractivity contribution in [3.8, 4) is 17.2 Å². The highest BCUT2D eigenvalue weighted by molar-refractivity contribution is 7.86. The van der Waals surface area contributed by atoms with Crippen LogP contribution in [0.25, 0.3) is 0 Å². The molecule has 0 atom stereocenters. The Balaban J connectivity index is 1.89. The first-order valence-corrected chi connectivity index (χ1v) is 12.9. The number of unbranched alkanes of at least 4 members (excludes halogenated alkanes) is 10. The Morgan fingerprint density at radius 1 is 0.774 bits per heavy atom. The van der Waals surface area contributed by atoms with Gasteiger partial charge in [-0.3, -0.25) is 4.55 Å². The zero-order chi connectivity index (χ0) is 22.5. The van der Waals surface area contributed by atoms with Crippen molar-refractivity contribution in [2.75, 3.05) is 0 Å². The summed E-state index contributed by atoms with van der Waals surface area (Å²) in [5.74, 6) is 0.144. The van der Waals surface area contributed by atoms with E-state index in [0.717, 1.165) is 19.3 Å². The molecular weight excluding hydrogens is 412 g/mol. The molecule has 5 nitrogen and oxygen atoms in total. The van der Waals surface area contributed by atoms with E-state index < -0.39 is 10.1 Å². The van der Waals surface area contributed by atoms with Gasteiger partial charge in [0, 0.05) is 0 Å². The maximum Gasteiger partial charge on any atom is 0.298 e. The zero-order valence-corrected chi connectivity index (χ0v) is 19.4. The number of aryl methyl sites for hydroxylation is 1. The van der Waals surface area contributed by atoms with E-state index in [1.807, 2.05) is 0 Å². The molecule has 6 heteroatoms. The number of phenols is 1. The number of hydrogen-bond donors (Lipinski definition) is 2. The van der Waals surface area contributed by atoms with Crippen molar-refractivity contribution in [1.82, 2.24) is 0 Å². The number of rotatable bonds is 15. The number of benzene rings is 2. The van der Waals surface area contributed by atoms with Crippen LogP contribution in [0, 0.1) is 0 Å². The van der Waals surface area contributed by atoms with E-state index in [0.29, 0.717) is 12.0 Å². The molecule has 2 aromatic rings. The van der Waals surface area contributed by atoms with Crippen molar-refractivity contribution >= 4 is 10.1 Å². The van der Waals surface area contributed by atoms with Crippen LogP contribution >= 0.6 is 0 Å². The van der Waals surface area contributed by atoms with E-state index in [1.54, 1.807) is 30.3 Å². The van der Waals surface area contributed by atoms with Crippen LogP contribution in [-0.2, 0) is 16.5 Å². The Hall–Kier alpha value is -2.05. The molecule has 0 heterocycles. The predicted molar refractivity (Wildman–Crippen MR) is 125 cm³/mol. The van der Waals surface area contributed by atoms with Gasteiger partial charge in [-0.05, 0) is 36.6 Å². The van der Waals surface area contributed by atoms with Crippen LogP contribution in [0.3, 0.4) is 0 Å². The third kappa shape index (κ3) is 8.91. The lowest BCUT2D eigenvalue weighted by atomic mass is 10.0. The van der Waals surface area contributed by atoms with E-state index in [1.165, 1.54) is 63.5 Å². The Bertz CT molecular complexity index is 893. The second-order valence-electron chi connectivity index (χ2n) is 8.07. The first kappa shape index (κ1) is 25.2. The normalized spacial score (nSPS) is 11.5. The van der Waals surface area contributed by atoms with E-state index in [4.69, 9.17) is 4.74 Å². The molecule has 0 saturated heterocycles. The molecule has 172 valence electrons. The standard InChI is InChI=1S/C25H36O5S/c1-2-3-4-5-6-7-8-9-10-11-12-16-21-17-15-20-24(31(27,28)29)25(21)30-23-19-14-13-18-22(23)26/h13-15,17-20,26H,2-12,16H2,1H3,(H,27,28,29). The van der Waals surface area contributed by atoms with Gasteiger partial charge < -0.3 is 9.84 Å². The molecule has 0 aromatic heterocycles. The van der Waals surface area contributed by atoms with Crippen molar-refractivity contribution in [3.05, 3.63) is 48.0 Å².